The maximum absolute atomic E-state index is 12.4. The Balaban J connectivity index is 3.46. The Morgan fingerprint density at radius 2 is 1.84 bits per heavy atom. The van der Waals surface area contributed by atoms with E-state index < -0.39 is 35.9 Å². The molecule has 0 aromatic heterocycles. The van der Waals surface area contributed by atoms with Gasteiger partial charge in [0, 0.05) is 16.5 Å². The van der Waals surface area contributed by atoms with Crippen LogP contribution in [0.5, 0.6) is 0 Å². The summed E-state index contributed by atoms with van der Waals surface area (Å²) in [7, 11) is 0. The molecule has 1 fully saturated rings. The summed E-state index contributed by atoms with van der Waals surface area (Å²) in [6.45, 7) is -0.177. The average Bonchev–Trinajstić information content (AvgIpc) is 2.40. The molecule has 0 amide bonds. The number of ether oxygens (including phenoxy) is 2. The van der Waals surface area contributed by atoms with Crippen LogP contribution in [0.15, 0.2) is 0 Å². The second-order valence-electron chi connectivity index (χ2n) is 4.51. The van der Waals surface area contributed by atoms with E-state index in [1.807, 2.05) is 0 Å². The fourth-order valence-corrected chi connectivity index (χ4v) is 2.30. The molecule has 5 heteroatoms. The van der Waals surface area contributed by atoms with Gasteiger partial charge < -0.3 is 9.47 Å². The second-order valence-corrected chi connectivity index (χ2v) is 4.51. The zero-order valence-electron chi connectivity index (χ0n) is 14.4. The van der Waals surface area contributed by atoms with Crippen LogP contribution in [0, 0.1) is 11.3 Å². The molecule has 1 atom stereocenters. The molecule has 0 aromatic rings. The van der Waals surface area contributed by atoms with Crippen molar-refractivity contribution in [3.05, 3.63) is 0 Å². The van der Waals surface area contributed by atoms with E-state index in [1.165, 1.54) is 13.8 Å². The quantitative estimate of drug-likeness (QED) is 0.565. The average molecular weight is 273 g/mol. The minimum Gasteiger partial charge on any atom is -0.465 e. The van der Waals surface area contributed by atoms with Gasteiger partial charge in [0.05, 0.1) is 13.2 Å². The van der Waals surface area contributed by atoms with Crippen molar-refractivity contribution in [2.24, 2.45) is 11.3 Å². The topological polar surface area (TPSA) is 69.7 Å². The Morgan fingerprint density at radius 1 is 1.26 bits per heavy atom. The highest BCUT2D eigenvalue weighted by Gasteiger charge is 2.53. The molecule has 0 spiro atoms. The summed E-state index contributed by atoms with van der Waals surface area (Å²) in [6.07, 6.45) is 1.52. The number of esters is 2. The highest BCUT2D eigenvalue weighted by atomic mass is 16.6. The number of Topliss-reactive ketones (excluding diaryl/α,β-unsaturated/α-hetero) is 1. The van der Waals surface area contributed by atoms with Crippen molar-refractivity contribution >= 4 is 17.7 Å². The summed E-state index contributed by atoms with van der Waals surface area (Å²) < 4.78 is 33.0. The summed E-state index contributed by atoms with van der Waals surface area (Å²) in [5.41, 5.74) is -2.57. The van der Waals surface area contributed by atoms with Gasteiger partial charge in [-0.2, -0.15) is 0 Å². The van der Waals surface area contributed by atoms with E-state index in [2.05, 4.69) is 0 Å². The van der Waals surface area contributed by atoms with Crippen LogP contribution in [0.3, 0.4) is 0 Å². The summed E-state index contributed by atoms with van der Waals surface area (Å²) in [6, 6.07) is 0. The molecule has 0 N–H and O–H groups in total. The molecule has 19 heavy (non-hydrogen) atoms. The lowest BCUT2D eigenvalue weighted by atomic mass is 9.69. The third-order valence-electron chi connectivity index (χ3n) is 3.27. The molecule has 108 valence electrons. The van der Waals surface area contributed by atoms with Crippen LogP contribution in [-0.2, 0) is 23.9 Å². The van der Waals surface area contributed by atoms with Crippen molar-refractivity contribution in [2.45, 2.75) is 46.4 Å². The normalized spacial score (nSPS) is 22.9. The van der Waals surface area contributed by atoms with Crippen LogP contribution in [0.2, 0.25) is 0 Å². The monoisotopic (exact) mass is 273 g/mol. The van der Waals surface area contributed by atoms with Crippen molar-refractivity contribution in [2.75, 3.05) is 13.2 Å². The third-order valence-corrected chi connectivity index (χ3v) is 3.27. The SMILES string of the molecule is [2H]C([2H])([2H])C(C(=O)OCC)(C(=O)OCC)C1CCCCC1=O. The molecule has 1 rings (SSSR count). The zero-order chi connectivity index (χ0) is 17.0. The zero-order valence-corrected chi connectivity index (χ0v) is 11.4. The molecule has 5 nitrogen and oxygen atoms in total. The van der Waals surface area contributed by atoms with Gasteiger partial charge in [-0.05, 0) is 33.5 Å². The Bertz CT molecular complexity index is 426. The first-order valence-electron chi connectivity index (χ1n) is 8.10. The Kier molecular flexibility index (Phi) is 4.02. The minimum atomic E-state index is -3.02. The van der Waals surface area contributed by atoms with Gasteiger partial charge in [0.2, 0.25) is 0 Å². The van der Waals surface area contributed by atoms with Crippen LogP contribution in [0.1, 0.15) is 50.5 Å². The van der Waals surface area contributed by atoms with E-state index in [9.17, 15) is 14.4 Å². The van der Waals surface area contributed by atoms with Crippen LogP contribution < -0.4 is 0 Å². The number of ketones is 1. The van der Waals surface area contributed by atoms with E-state index >= 15 is 0 Å². The van der Waals surface area contributed by atoms with Gasteiger partial charge in [0.25, 0.3) is 0 Å². The molecular weight excluding hydrogens is 248 g/mol. The molecule has 0 saturated heterocycles. The van der Waals surface area contributed by atoms with Crippen molar-refractivity contribution in [3.8, 4) is 0 Å². The van der Waals surface area contributed by atoms with Crippen molar-refractivity contribution in [1.82, 2.24) is 0 Å². The highest BCUT2D eigenvalue weighted by Crippen LogP contribution is 2.38. The fourth-order valence-electron chi connectivity index (χ4n) is 2.30. The van der Waals surface area contributed by atoms with E-state index in [0.29, 0.717) is 12.8 Å². The standard InChI is InChI=1S/C14H22O5/c1-4-18-12(16)14(3,13(17)19-5-2)10-8-6-7-9-11(10)15/h10H,4-9H2,1-3H3/i3D3. The maximum Gasteiger partial charge on any atom is 0.323 e. The molecular formula is C14H22O5. The molecule has 0 radical (unpaired) electrons. The van der Waals surface area contributed by atoms with E-state index in [0.717, 1.165) is 0 Å². The lowest BCUT2D eigenvalue weighted by molar-refractivity contribution is -0.178. The number of hydrogen-bond donors (Lipinski definition) is 0. The van der Waals surface area contributed by atoms with E-state index in [1.54, 1.807) is 0 Å². The second kappa shape index (κ2) is 6.68. The summed E-state index contributed by atoms with van der Waals surface area (Å²) in [5, 5.41) is 0. The molecule has 1 aliphatic carbocycles. The lowest BCUT2D eigenvalue weighted by Crippen LogP contribution is -2.49. The van der Waals surface area contributed by atoms with Gasteiger partial charge in [-0.25, -0.2) is 0 Å². The minimum absolute atomic E-state index is 0.0863. The first kappa shape index (κ1) is 11.4. The molecule has 0 aliphatic heterocycles. The molecule has 1 aliphatic rings. The van der Waals surface area contributed by atoms with E-state index in [-0.39, 0.29) is 26.1 Å². The highest BCUT2D eigenvalue weighted by molar-refractivity contribution is 6.04. The number of carbonyl (C=O) groups excluding carboxylic acids is 3. The van der Waals surface area contributed by atoms with Gasteiger partial charge in [0.1, 0.15) is 5.78 Å². The molecule has 0 bridgehead atoms. The van der Waals surface area contributed by atoms with Gasteiger partial charge in [0.15, 0.2) is 5.41 Å². The van der Waals surface area contributed by atoms with Crippen LogP contribution >= 0.6 is 0 Å². The smallest absolute Gasteiger partial charge is 0.323 e. The summed E-state index contributed by atoms with van der Waals surface area (Å²) in [5.74, 6) is -4.03. The molecule has 0 heterocycles. The molecule has 1 unspecified atom stereocenters. The predicted molar refractivity (Wildman–Crippen MR) is 68.3 cm³/mol. The summed E-state index contributed by atoms with van der Waals surface area (Å²) in [4.78, 5) is 37.1. The fraction of sp³-hybridized carbons (Fsp3) is 0.786. The Hall–Kier alpha value is -1.39. The Morgan fingerprint density at radius 3 is 2.26 bits per heavy atom. The van der Waals surface area contributed by atoms with Gasteiger partial charge in [-0.15, -0.1) is 0 Å². The van der Waals surface area contributed by atoms with Crippen LogP contribution in [-0.4, -0.2) is 30.9 Å². The molecule has 1 saturated carbocycles. The number of hydrogen-bond acceptors (Lipinski definition) is 5. The van der Waals surface area contributed by atoms with Crippen molar-refractivity contribution in [1.29, 1.82) is 0 Å². The van der Waals surface area contributed by atoms with Crippen molar-refractivity contribution < 1.29 is 28.0 Å². The van der Waals surface area contributed by atoms with E-state index in [4.69, 9.17) is 13.6 Å². The Labute approximate surface area is 117 Å². The largest absolute Gasteiger partial charge is 0.465 e. The van der Waals surface area contributed by atoms with Gasteiger partial charge in [-0.1, -0.05) is 6.42 Å². The maximum atomic E-state index is 12.4. The predicted octanol–water partition coefficient (Wildman–Crippen LogP) is 1.88. The van der Waals surface area contributed by atoms with Crippen LogP contribution in [0.4, 0.5) is 0 Å². The first-order chi connectivity index (χ1) is 10.2. The van der Waals surface area contributed by atoms with Crippen molar-refractivity contribution in [3.63, 3.8) is 0 Å². The molecule has 0 aromatic carbocycles. The number of carbonyl (C=O) groups is 3. The third kappa shape index (κ3) is 3.14. The number of rotatable bonds is 5. The lowest BCUT2D eigenvalue weighted by Gasteiger charge is -2.34. The van der Waals surface area contributed by atoms with Gasteiger partial charge in [-0.3, -0.25) is 14.4 Å². The summed E-state index contributed by atoms with van der Waals surface area (Å²) >= 11 is 0. The van der Waals surface area contributed by atoms with Gasteiger partial charge >= 0.3 is 11.9 Å². The first-order valence-corrected chi connectivity index (χ1v) is 6.60. The van der Waals surface area contributed by atoms with Crippen LogP contribution in [0.25, 0.3) is 0 Å².